The average Bonchev–Trinajstić information content (AvgIpc) is 2.54. The van der Waals surface area contributed by atoms with Crippen molar-refractivity contribution in [1.82, 2.24) is 9.80 Å². The molecule has 6 heteroatoms. The first-order chi connectivity index (χ1) is 10.6. The Kier molecular flexibility index (Phi) is 9.90. The van der Waals surface area contributed by atoms with E-state index in [1.165, 1.54) is 32.2 Å². The Bertz CT molecular complexity index is 359. The average molecular weight is 364 g/mol. The molecule has 0 aliphatic carbocycles. The number of halogens is 1. The van der Waals surface area contributed by atoms with E-state index in [9.17, 15) is 4.79 Å². The van der Waals surface area contributed by atoms with Crippen LogP contribution in [0.15, 0.2) is 0 Å². The highest BCUT2D eigenvalue weighted by atomic mass is 35.5. The normalized spacial score (nSPS) is 27.3. The number of carbonyl (C=O) groups excluding carboxylic acids is 1. The number of rotatable bonds is 6. The lowest BCUT2D eigenvalue weighted by atomic mass is 9.94. The molecule has 2 unspecified atom stereocenters. The predicted octanol–water partition coefficient (Wildman–Crippen LogP) is 2.60. The zero-order chi connectivity index (χ0) is 15.9. The van der Waals surface area contributed by atoms with Crippen molar-refractivity contribution < 1.29 is 4.79 Å². The molecular weight excluding hydrogens is 330 g/mol. The topological polar surface area (TPSA) is 49.6 Å². The first-order valence-electron chi connectivity index (χ1n) is 8.89. The van der Waals surface area contributed by atoms with Gasteiger partial charge in [-0.1, -0.05) is 6.42 Å². The molecule has 0 spiro atoms. The number of nitrogens with two attached hydrogens (primary N) is 1. The summed E-state index contributed by atoms with van der Waals surface area (Å²) in [7, 11) is 0. The van der Waals surface area contributed by atoms with Crippen LogP contribution >= 0.6 is 24.2 Å². The minimum absolute atomic E-state index is 0. The summed E-state index contributed by atoms with van der Waals surface area (Å²) in [6.07, 6.45) is 9.28. The van der Waals surface area contributed by atoms with E-state index in [-0.39, 0.29) is 24.4 Å². The van der Waals surface area contributed by atoms with E-state index in [4.69, 9.17) is 5.73 Å². The first kappa shape index (κ1) is 21.1. The SMILES string of the molecule is CSCC[C@H](N)C(=O)N1CCCC(CN2CCCCC2C)C1.Cl. The minimum atomic E-state index is -0.305. The molecule has 2 saturated heterocycles. The van der Waals surface area contributed by atoms with Gasteiger partial charge in [0.15, 0.2) is 0 Å². The maximum Gasteiger partial charge on any atom is 0.239 e. The molecule has 0 bridgehead atoms. The third-order valence-corrected chi connectivity index (χ3v) is 5.86. The third kappa shape index (κ3) is 6.45. The highest BCUT2D eigenvalue weighted by Crippen LogP contribution is 2.23. The number of piperidine rings is 2. The van der Waals surface area contributed by atoms with E-state index in [2.05, 4.69) is 18.1 Å². The van der Waals surface area contributed by atoms with Crippen LogP contribution in [0.4, 0.5) is 0 Å². The maximum absolute atomic E-state index is 12.5. The lowest BCUT2D eigenvalue weighted by molar-refractivity contribution is -0.134. The van der Waals surface area contributed by atoms with Crippen LogP contribution in [0.1, 0.15) is 45.4 Å². The van der Waals surface area contributed by atoms with E-state index >= 15 is 0 Å². The van der Waals surface area contributed by atoms with Crippen molar-refractivity contribution in [3.8, 4) is 0 Å². The fraction of sp³-hybridized carbons (Fsp3) is 0.941. The molecule has 4 nitrogen and oxygen atoms in total. The van der Waals surface area contributed by atoms with Crippen LogP contribution in [0.25, 0.3) is 0 Å². The molecule has 136 valence electrons. The molecule has 0 aromatic heterocycles. The summed E-state index contributed by atoms with van der Waals surface area (Å²) in [5.41, 5.74) is 6.07. The minimum Gasteiger partial charge on any atom is -0.341 e. The predicted molar refractivity (Wildman–Crippen MR) is 102 cm³/mol. The quantitative estimate of drug-likeness (QED) is 0.788. The van der Waals surface area contributed by atoms with Crippen molar-refractivity contribution in [2.24, 2.45) is 11.7 Å². The highest BCUT2D eigenvalue weighted by Gasteiger charge is 2.29. The van der Waals surface area contributed by atoms with Gasteiger partial charge in [0, 0.05) is 25.7 Å². The van der Waals surface area contributed by atoms with Gasteiger partial charge in [0.05, 0.1) is 6.04 Å². The van der Waals surface area contributed by atoms with Crippen molar-refractivity contribution in [2.75, 3.05) is 38.2 Å². The number of carbonyl (C=O) groups is 1. The molecule has 2 fully saturated rings. The van der Waals surface area contributed by atoms with Crippen LogP contribution in [-0.4, -0.2) is 66.0 Å². The maximum atomic E-state index is 12.5. The van der Waals surface area contributed by atoms with Gasteiger partial charge in [-0.05, 0) is 63.5 Å². The molecule has 2 aliphatic rings. The summed E-state index contributed by atoms with van der Waals surface area (Å²) in [6.45, 7) is 6.56. The number of hydrogen-bond donors (Lipinski definition) is 1. The molecule has 2 heterocycles. The van der Waals surface area contributed by atoms with Gasteiger partial charge in [0.25, 0.3) is 0 Å². The molecular formula is C17H34ClN3OS. The summed E-state index contributed by atoms with van der Waals surface area (Å²) in [5.74, 6) is 1.77. The van der Waals surface area contributed by atoms with Crippen LogP contribution in [-0.2, 0) is 4.79 Å². The largest absolute Gasteiger partial charge is 0.341 e. The third-order valence-electron chi connectivity index (χ3n) is 5.21. The lowest BCUT2D eigenvalue weighted by Gasteiger charge is -2.40. The van der Waals surface area contributed by atoms with Gasteiger partial charge in [-0.25, -0.2) is 0 Å². The van der Waals surface area contributed by atoms with Gasteiger partial charge < -0.3 is 15.5 Å². The van der Waals surface area contributed by atoms with E-state index in [1.54, 1.807) is 11.8 Å². The molecule has 0 radical (unpaired) electrons. The van der Waals surface area contributed by atoms with Crippen LogP contribution in [0.2, 0.25) is 0 Å². The molecule has 2 N–H and O–H groups in total. The zero-order valence-corrected chi connectivity index (χ0v) is 16.3. The summed E-state index contributed by atoms with van der Waals surface area (Å²) >= 11 is 1.76. The number of thioether (sulfide) groups is 1. The summed E-state index contributed by atoms with van der Waals surface area (Å²) in [5, 5.41) is 0. The first-order valence-corrected chi connectivity index (χ1v) is 10.3. The van der Waals surface area contributed by atoms with E-state index < -0.39 is 0 Å². The van der Waals surface area contributed by atoms with Gasteiger partial charge in [-0.15, -0.1) is 12.4 Å². The number of likely N-dealkylation sites (tertiary alicyclic amines) is 2. The number of nitrogens with zero attached hydrogens (tertiary/aromatic N) is 2. The number of amides is 1. The Morgan fingerprint density at radius 1 is 1.26 bits per heavy atom. The van der Waals surface area contributed by atoms with Crippen LogP contribution < -0.4 is 5.73 Å². The van der Waals surface area contributed by atoms with Crippen molar-refractivity contribution >= 4 is 30.1 Å². The van der Waals surface area contributed by atoms with Crippen LogP contribution in [0, 0.1) is 5.92 Å². The van der Waals surface area contributed by atoms with Gasteiger partial charge in [0.2, 0.25) is 5.91 Å². The van der Waals surface area contributed by atoms with E-state index in [1.807, 2.05) is 4.90 Å². The number of hydrogen-bond acceptors (Lipinski definition) is 4. The standard InChI is InChI=1S/C17H33N3OS.ClH/c1-14-6-3-4-9-19(14)12-15-7-5-10-20(13-15)17(21)16(18)8-11-22-2;/h14-16H,3-13,18H2,1-2H3;1H/t14?,15?,16-;/m0./s1. The molecule has 23 heavy (non-hydrogen) atoms. The Labute approximate surface area is 152 Å². The summed E-state index contributed by atoms with van der Waals surface area (Å²) in [4.78, 5) is 17.2. The fourth-order valence-corrected chi connectivity index (χ4v) is 4.27. The molecule has 0 aromatic carbocycles. The fourth-order valence-electron chi connectivity index (χ4n) is 3.78. The molecule has 3 atom stereocenters. The van der Waals surface area contributed by atoms with E-state index in [0.717, 1.165) is 38.2 Å². The Hall–Kier alpha value is 0.0300. The molecule has 2 aliphatic heterocycles. The second kappa shape index (κ2) is 10.8. The van der Waals surface area contributed by atoms with E-state index in [0.29, 0.717) is 12.0 Å². The smallest absolute Gasteiger partial charge is 0.239 e. The van der Waals surface area contributed by atoms with Crippen molar-refractivity contribution in [1.29, 1.82) is 0 Å². The summed E-state index contributed by atoms with van der Waals surface area (Å²) in [6, 6.07) is 0.406. The van der Waals surface area contributed by atoms with Crippen molar-refractivity contribution in [3.63, 3.8) is 0 Å². The Balaban J connectivity index is 0.00000264. The Morgan fingerprint density at radius 3 is 2.74 bits per heavy atom. The highest BCUT2D eigenvalue weighted by molar-refractivity contribution is 7.98. The van der Waals surface area contributed by atoms with Gasteiger partial charge in [0.1, 0.15) is 0 Å². The molecule has 0 saturated carbocycles. The molecule has 0 aromatic rings. The second-order valence-corrected chi connectivity index (χ2v) is 8.01. The van der Waals surface area contributed by atoms with Gasteiger partial charge in [-0.3, -0.25) is 4.79 Å². The zero-order valence-electron chi connectivity index (χ0n) is 14.7. The van der Waals surface area contributed by atoms with Crippen molar-refractivity contribution in [2.45, 2.75) is 57.5 Å². The van der Waals surface area contributed by atoms with Gasteiger partial charge in [-0.2, -0.15) is 11.8 Å². The molecule has 2 rings (SSSR count). The summed E-state index contributed by atoms with van der Waals surface area (Å²) < 4.78 is 0. The van der Waals surface area contributed by atoms with Crippen LogP contribution in [0.5, 0.6) is 0 Å². The second-order valence-electron chi connectivity index (χ2n) is 7.02. The lowest BCUT2D eigenvalue weighted by Crippen LogP contribution is -2.50. The van der Waals surface area contributed by atoms with Gasteiger partial charge >= 0.3 is 0 Å². The molecule has 1 amide bonds. The van der Waals surface area contributed by atoms with Crippen LogP contribution in [0.3, 0.4) is 0 Å². The Morgan fingerprint density at radius 2 is 2.04 bits per heavy atom. The van der Waals surface area contributed by atoms with Crippen molar-refractivity contribution in [3.05, 3.63) is 0 Å². The monoisotopic (exact) mass is 363 g/mol.